The molecule has 1 amide bonds. The van der Waals surface area contributed by atoms with Gasteiger partial charge in [0.25, 0.3) is 0 Å². The van der Waals surface area contributed by atoms with E-state index in [2.05, 4.69) is 10.2 Å². The number of halogens is 2. The van der Waals surface area contributed by atoms with Gasteiger partial charge in [0.05, 0.1) is 0 Å². The summed E-state index contributed by atoms with van der Waals surface area (Å²) in [6, 6.07) is 0.433. The van der Waals surface area contributed by atoms with E-state index < -0.39 is 5.92 Å². The molecule has 5 heteroatoms. The third-order valence-electron chi connectivity index (χ3n) is 4.57. The second-order valence-electron chi connectivity index (χ2n) is 6.49. The normalized spacial score (nSPS) is 28.9. The molecule has 3 aliphatic rings. The van der Waals surface area contributed by atoms with Gasteiger partial charge >= 0.3 is 0 Å². The Labute approximate surface area is 112 Å². The van der Waals surface area contributed by atoms with Crippen LogP contribution < -0.4 is 5.32 Å². The van der Waals surface area contributed by atoms with Crippen molar-refractivity contribution in [3.05, 3.63) is 0 Å². The summed E-state index contributed by atoms with van der Waals surface area (Å²) in [6.45, 7) is 2.54. The quantitative estimate of drug-likeness (QED) is 0.849. The Kier molecular flexibility index (Phi) is 3.50. The Hall–Kier alpha value is -0.710. The van der Waals surface area contributed by atoms with Crippen molar-refractivity contribution >= 4 is 5.91 Å². The summed E-state index contributed by atoms with van der Waals surface area (Å²) < 4.78 is 25.5. The van der Waals surface area contributed by atoms with Gasteiger partial charge in [0.2, 0.25) is 11.8 Å². The highest BCUT2D eigenvalue weighted by molar-refractivity contribution is 5.79. The van der Waals surface area contributed by atoms with Crippen LogP contribution in [0.25, 0.3) is 0 Å². The zero-order valence-corrected chi connectivity index (χ0v) is 11.2. The molecule has 0 unspecified atom stereocenters. The van der Waals surface area contributed by atoms with Crippen LogP contribution in [0.15, 0.2) is 0 Å². The SMILES string of the molecule is O=C(NC1CC1)C1CCN(CC2CC(F)(F)C2)CC1. The van der Waals surface area contributed by atoms with Gasteiger partial charge in [-0.3, -0.25) is 4.79 Å². The molecule has 0 aromatic heterocycles. The van der Waals surface area contributed by atoms with Crippen LogP contribution in [0.4, 0.5) is 8.78 Å². The van der Waals surface area contributed by atoms with E-state index in [4.69, 9.17) is 0 Å². The van der Waals surface area contributed by atoms with E-state index in [9.17, 15) is 13.6 Å². The van der Waals surface area contributed by atoms with Gasteiger partial charge in [-0.1, -0.05) is 0 Å². The summed E-state index contributed by atoms with van der Waals surface area (Å²) in [6.07, 6.45) is 4.11. The first-order chi connectivity index (χ1) is 9.02. The Morgan fingerprint density at radius 1 is 1.16 bits per heavy atom. The predicted octanol–water partition coefficient (Wildman–Crippen LogP) is 2.02. The highest BCUT2D eigenvalue weighted by Gasteiger charge is 2.45. The van der Waals surface area contributed by atoms with Crippen LogP contribution in [0, 0.1) is 11.8 Å². The zero-order chi connectivity index (χ0) is 13.5. The lowest BCUT2D eigenvalue weighted by atomic mass is 9.80. The molecule has 3 rings (SSSR count). The number of nitrogens with zero attached hydrogens (tertiary/aromatic N) is 1. The zero-order valence-electron chi connectivity index (χ0n) is 11.2. The van der Waals surface area contributed by atoms with Gasteiger partial charge in [-0.25, -0.2) is 8.78 Å². The number of carbonyl (C=O) groups excluding carboxylic acids is 1. The molecule has 0 aromatic carbocycles. The Morgan fingerprint density at radius 3 is 2.32 bits per heavy atom. The van der Waals surface area contributed by atoms with Gasteiger partial charge < -0.3 is 10.2 Å². The lowest BCUT2D eigenvalue weighted by molar-refractivity contribution is -0.127. The molecule has 1 aliphatic heterocycles. The number of likely N-dealkylation sites (tertiary alicyclic amines) is 1. The topological polar surface area (TPSA) is 32.3 Å². The number of carbonyl (C=O) groups is 1. The first kappa shape index (κ1) is 13.3. The molecule has 19 heavy (non-hydrogen) atoms. The Balaban J connectivity index is 1.36. The number of nitrogens with one attached hydrogen (secondary N) is 1. The van der Waals surface area contributed by atoms with Crippen LogP contribution in [0.2, 0.25) is 0 Å². The van der Waals surface area contributed by atoms with Crippen molar-refractivity contribution < 1.29 is 13.6 Å². The first-order valence-corrected chi connectivity index (χ1v) is 7.42. The van der Waals surface area contributed by atoms with Gasteiger partial charge in [0.15, 0.2) is 0 Å². The second-order valence-corrected chi connectivity index (χ2v) is 6.49. The summed E-state index contributed by atoms with van der Waals surface area (Å²) in [5.41, 5.74) is 0. The number of hydrogen-bond donors (Lipinski definition) is 1. The summed E-state index contributed by atoms with van der Waals surface area (Å²) in [7, 11) is 0. The average Bonchev–Trinajstić information content (AvgIpc) is 3.11. The second kappa shape index (κ2) is 5.00. The van der Waals surface area contributed by atoms with E-state index in [0.717, 1.165) is 45.3 Å². The molecule has 0 spiro atoms. The molecule has 0 atom stereocenters. The van der Waals surface area contributed by atoms with E-state index in [1.165, 1.54) is 0 Å². The lowest BCUT2D eigenvalue weighted by Crippen LogP contribution is -2.46. The number of hydrogen-bond acceptors (Lipinski definition) is 2. The molecule has 0 aromatic rings. The van der Waals surface area contributed by atoms with Crippen molar-refractivity contribution in [2.24, 2.45) is 11.8 Å². The van der Waals surface area contributed by atoms with Crippen LogP contribution in [-0.2, 0) is 4.79 Å². The molecule has 108 valence electrons. The molecular weight excluding hydrogens is 250 g/mol. The summed E-state index contributed by atoms with van der Waals surface area (Å²) in [5.74, 6) is -1.91. The van der Waals surface area contributed by atoms with E-state index in [1.54, 1.807) is 0 Å². The molecule has 3 nitrogen and oxygen atoms in total. The van der Waals surface area contributed by atoms with Gasteiger partial charge in [0, 0.05) is 31.3 Å². The van der Waals surface area contributed by atoms with Gasteiger partial charge in [-0.15, -0.1) is 0 Å². The molecule has 1 heterocycles. The number of alkyl halides is 2. The standard InChI is InChI=1S/C14H22F2N2O/c15-14(16)7-10(8-14)9-18-5-3-11(4-6-18)13(19)17-12-1-2-12/h10-12H,1-9H2,(H,17,19). The van der Waals surface area contributed by atoms with Gasteiger partial charge in [-0.05, 0) is 44.7 Å². The third-order valence-corrected chi connectivity index (χ3v) is 4.57. The fourth-order valence-electron chi connectivity index (χ4n) is 3.20. The van der Waals surface area contributed by atoms with Crippen molar-refractivity contribution in [1.82, 2.24) is 10.2 Å². The largest absolute Gasteiger partial charge is 0.353 e. The molecule has 1 N–H and O–H groups in total. The molecule has 3 fully saturated rings. The number of rotatable bonds is 4. The van der Waals surface area contributed by atoms with E-state index >= 15 is 0 Å². The first-order valence-electron chi connectivity index (χ1n) is 7.42. The molecule has 2 saturated carbocycles. The van der Waals surface area contributed by atoms with Gasteiger partial charge in [0.1, 0.15) is 0 Å². The number of amides is 1. The van der Waals surface area contributed by atoms with Crippen molar-refractivity contribution in [3.8, 4) is 0 Å². The Morgan fingerprint density at radius 2 is 1.79 bits per heavy atom. The lowest BCUT2D eigenvalue weighted by Gasteiger charge is -2.40. The highest BCUT2D eigenvalue weighted by atomic mass is 19.3. The van der Waals surface area contributed by atoms with Crippen molar-refractivity contribution in [3.63, 3.8) is 0 Å². The Bertz CT molecular complexity index is 341. The van der Waals surface area contributed by atoms with E-state index in [1.807, 2.05) is 0 Å². The van der Waals surface area contributed by atoms with Crippen molar-refractivity contribution in [2.45, 2.75) is 50.5 Å². The monoisotopic (exact) mass is 272 g/mol. The summed E-state index contributed by atoms with van der Waals surface area (Å²) in [5, 5.41) is 3.06. The van der Waals surface area contributed by atoms with Crippen LogP contribution in [-0.4, -0.2) is 42.4 Å². The smallest absolute Gasteiger partial charge is 0.248 e. The fraction of sp³-hybridized carbons (Fsp3) is 0.929. The minimum atomic E-state index is -2.41. The van der Waals surface area contributed by atoms with Crippen molar-refractivity contribution in [2.75, 3.05) is 19.6 Å². The fourth-order valence-corrected chi connectivity index (χ4v) is 3.20. The minimum Gasteiger partial charge on any atom is -0.353 e. The van der Waals surface area contributed by atoms with Crippen molar-refractivity contribution in [1.29, 1.82) is 0 Å². The molecule has 0 bridgehead atoms. The predicted molar refractivity (Wildman–Crippen MR) is 68.0 cm³/mol. The van der Waals surface area contributed by atoms with Crippen LogP contribution >= 0.6 is 0 Å². The molecule has 2 aliphatic carbocycles. The molecule has 1 saturated heterocycles. The van der Waals surface area contributed by atoms with Crippen LogP contribution in [0.5, 0.6) is 0 Å². The van der Waals surface area contributed by atoms with Gasteiger partial charge in [-0.2, -0.15) is 0 Å². The maximum Gasteiger partial charge on any atom is 0.248 e. The average molecular weight is 272 g/mol. The van der Waals surface area contributed by atoms with E-state index in [0.29, 0.717) is 6.04 Å². The van der Waals surface area contributed by atoms with Crippen LogP contribution in [0.3, 0.4) is 0 Å². The van der Waals surface area contributed by atoms with Crippen LogP contribution in [0.1, 0.15) is 38.5 Å². The summed E-state index contributed by atoms with van der Waals surface area (Å²) >= 11 is 0. The number of piperidine rings is 1. The third kappa shape index (κ3) is 3.44. The molecular formula is C14H22F2N2O. The maximum absolute atomic E-state index is 12.8. The maximum atomic E-state index is 12.8. The highest BCUT2D eigenvalue weighted by Crippen LogP contribution is 2.42. The molecule has 0 radical (unpaired) electrons. The summed E-state index contributed by atoms with van der Waals surface area (Å²) in [4.78, 5) is 14.2. The van der Waals surface area contributed by atoms with E-state index in [-0.39, 0.29) is 30.6 Å². The minimum absolute atomic E-state index is 0.0507.